The third-order valence-corrected chi connectivity index (χ3v) is 4.14. The van der Waals surface area contributed by atoms with Gasteiger partial charge in [0.25, 0.3) is 0 Å². The van der Waals surface area contributed by atoms with Crippen LogP contribution in [0.5, 0.6) is 5.75 Å². The number of rotatable bonds is 2. The first-order valence-electron chi connectivity index (χ1n) is 5.78. The van der Waals surface area contributed by atoms with E-state index in [1.54, 1.807) is 19.4 Å². The molecule has 0 saturated heterocycles. The van der Waals surface area contributed by atoms with Gasteiger partial charge in [-0.15, -0.1) is 0 Å². The molecule has 4 heteroatoms. The molecule has 0 bridgehead atoms. The van der Waals surface area contributed by atoms with Crippen LogP contribution in [0.4, 0.5) is 0 Å². The summed E-state index contributed by atoms with van der Waals surface area (Å²) in [5, 5.41) is 10.9. The first-order valence-corrected chi connectivity index (χ1v) is 6.57. The number of aryl methyl sites for hydroxylation is 1. The second-order valence-corrected chi connectivity index (χ2v) is 5.34. The lowest BCUT2D eigenvalue weighted by molar-refractivity contribution is 0.0576. The quantitative estimate of drug-likeness (QED) is 0.926. The number of ether oxygens (including phenoxy) is 1. The van der Waals surface area contributed by atoms with E-state index in [2.05, 4.69) is 15.9 Å². The van der Waals surface area contributed by atoms with Crippen LogP contribution in [0.15, 0.2) is 39.4 Å². The topological polar surface area (TPSA) is 42.6 Å². The molecule has 0 saturated carbocycles. The second kappa shape index (κ2) is 4.14. The summed E-state index contributed by atoms with van der Waals surface area (Å²) in [5.41, 5.74) is 0.950. The van der Waals surface area contributed by atoms with Crippen molar-refractivity contribution in [2.75, 3.05) is 7.11 Å². The average molecular weight is 309 g/mol. The normalized spacial score (nSPS) is 21.9. The van der Waals surface area contributed by atoms with Crippen molar-refractivity contribution >= 4 is 15.9 Å². The van der Waals surface area contributed by atoms with Crippen molar-refractivity contribution in [3.63, 3.8) is 0 Å². The van der Waals surface area contributed by atoms with Gasteiger partial charge < -0.3 is 14.3 Å². The van der Waals surface area contributed by atoms with E-state index in [1.165, 1.54) is 0 Å². The molecule has 0 aliphatic heterocycles. The number of fused-ring (bicyclic) bond motifs is 1. The van der Waals surface area contributed by atoms with E-state index in [0.717, 1.165) is 27.8 Å². The number of hydrogen-bond donors (Lipinski definition) is 1. The minimum atomic E-state index is -1.06. The number of aliphatic hydroxyl groups is 1. The molecular weight excluding hydrogens is 296 g/mol. The van der Waals surface area contributed by atoms with Crippen LogP contribution in [0.1, 0.15) is 23.3 Å². The van der Waals surface area contributed by atoms with Gasteiger partial charge in [0.15, 0.2) is 5.76 Å². The number of halogens is 1. The highest BCUT2D eigenvalue weighted by Gasteiger charge is 2.42. The van der Waals surface area contributed by atoms with Gasteiger partial charge in [-0.05, 0) is 58.1 Å². The Kier molecular flexibility index (Phi) is 2.72. The molecule has 1 aliphatic carbocycles. The Morgan fingerprint density at radius 2 is 2.22 bits per heavy atom. The first-order chi connectivity index (χ1) is 8.65. The number of furan rings is 1. The fraction of sp³-hybridized carbons (Fsp3) is 0.286. The lowest BCUT2D eigenvalue weighted by Gasteiger charge is -2.22. The van der Waals surface area contributed by atoms with Crippen molar-refractivity contribution in [1.82, 2.24) is 0 Å². The Labute approximate surface area is 114 Å². The third-order valence-electron chi connectivity index (χ3n) is 3.51. The molecule has 3 nitrogen and oxygen atoms in total. The minimum absolute atomic E-state index is 0.564. The van der Waals surface area contributed by atoms with Gasteiger partial charge in [-0.25, -0.2) is 0 Å². The predicted octanol–water partition coefficient (Wildman–Crippen LogP) is 3.23. The van der Waals surface area contributed by atoms with Crippen LogP contribution in [0.3, 0.4) is 0 Å². The summed E-state index contributed by atoms with van der Waals surface area (Å²) < 4.78 is 11.5. The fourth-order valence-corrected chi connectivity index (χ4v) is 3.09. The molecule has 1 N–H and O–H groups in total. The molecular formula is C14H13BrO3. The Morgan fingerprint density at radius 1 is 1.39 bits per heavy atom. The van der Waals surface area contributed by atoms with E-state index in [1.807, 2.05) is 18.2 Å². The lowest BCUT2D eigenvalue weighted by Crippen LogP contribution is -2.23. The summed E-state index contributed by atoms with van der Waals surface area (Å²) in [6.45, 7) is 0. The third kappa shape index (κ3) is 1.60. The molecule has 94 valence electrons. The molecule has 0 spiro atoms. The van der Waals surface area contributed by atoms with E-state index >= 15 is 0 Å². The Morgan fingerprint density at radius 3 is 2.89 bits per heavy atom. The largest absolute Gasteiger partial charge is 0.497 e. The monoisotopic (exact) mass is 308 g/mol. The summed E-state index contributed by atoms with van der Waals surface area (Å²) >= 11 is 3.41. The van der Waals surface area contributed by atoms with Crippen LogP contribution in [0.25, 0.3) is 0 Å². The molecule has 1 aromatic carbocycles. The smallest absolute Gasteiger partial charge is 0.154 e. The van der Waals surface area contributed by atoms with Crippen molar-refractivity contribution in [3.8, 4) is 5.75 Å². The highest BCUT2D eigenvalue weighted by Crippen LogP contribution is 2.45. The zero-order valence-electron chi connectivity index (χ0n) is 9.94. The number of hydrogen-bond acceptors (Lipinski definition) is 3. The molecule has 2 aromatic rings. The molecule has 0 fully saturated rings. The molecule has 1 heterocycles. The van der Waals surface area contributed by atoms with E-state index in [9.17, 15) is 5.11 Å². The number of methoxy groups -OCH3 is 1. The van der Waals surface area contributed by atoms with Crippen LogP contribution in [0, 0.1) is 0 Å². The zero-order valence-corrected chi connectivity index (χ0v) is 11.5. The Balaban J connectivity index is 2.16. The lowest BCUT2D eigenvalue weighted by atomic mass is 9.93. The van der Waals surface area contributed by atoms with Gasteiger partial charge in [0, 0.05) is 0 Å². The summed E-state index contributed by atoms with van der Waals surface area (Å²) in [5.74, 6) is 1.31. The maximum absolute atomic E-state index is 10.9. The van der Waals surface area contributed by atoms with Crippen LogP contribution < -0.4 is 4.74 Å². The highest BCUT2D eigenvalue weighted by atomic mass is 79.9. The summed E-state index contributed by atoms with van der Waals surface area (Å²) in [6, 6.07) is 7.60. The van der Waals surface area contributed by atoms with Gasteiger partial charge in [-0.3, -0.25) is 0 Å². The van der Waals surface area contributed by atoms with Gasteiger partial charge in [0.05, 0.1) is 17.8 Å². The van der Waals surface area contributed by atoms with Gasteiger partial charge in [-0.2, -0.15) is 0 Å². The molecule has 0 amide bonds. The highest BCUT2D eigenvalue weighted by molar-refractivity contribution is 9.10. The van der Waals surface area contributed by atoms with Crippen molar-refractivity contribution < 1.29 is 14.3 Å². The fourth-order valence-electron chi connectivity index (χ4n) is 2.56. The van der Waals surface area contributed by atoms with E-state index in [-0.39, 0.29) is 0 Å². The van der Waals surface area contributed by atoms with Crippen molar-refractivity contribution in [3.05, 3.63) is 51.9 Å². The summed E-state index contributed by atoms with van der Waals surface area (Å²) in [6.07, 6.45) is 3.04. The van der Waals surface area contributed by atoms with Gasteiger partial charge in [0.2, 0.25) is 0 Å². The summed E-state index contributed by atoms with van der Waals surface area (Å²) in [4.78, 5) is 0. The Bertz CT molecular complexity index is 590. The predicted molar refractivity (Wildman–Crippen MR) is 70.7 cm³/mol. The SMILES string of the molecule is COc1ccc2c(c1)C(O)(c1occc1Br)CC2. The van der Waals surface area contributed by atoms with Crippen LogP contribution >= 0.6 is 15.9 Å². The molecule has 1 aliphatic rings. The van der Waals surface area contributed by atoms with Gasteiger partial charge in [-0.1, -0.05) is 6.07 Å². The molecule has 18 heavy (non-hydrogen) atoms. The van der Waals surface area contributed by atoms with E-state index in [0.29, 0.717) is 12.2 Å². The van der Waals surface area contributed by atoms with Crippen molar-refractivity contribution in [2.24, 2.45) is 0 Å². The molecule has 1 unspecified atom stereocenters. The maximum Gasteiger partial charge on any atom is 0.154 e. The van der Waals surface area contributed by atoms with Crippen LogP contribution in [0.2, 0.25) is 0 Å². The molecule has 1 aromatic heterocycles. The second-order valence-electron chi connectivity index (χ2n) is 4.48. The zero-order chi connectivity index (χ0) is 12.8. The van der Waals surface area contributed by atoms with Gasteiger partial charge in [0.1, 0.15) is 11.4 Å². The van der Waals surface area contributed by atoms with Crippen molar-refractivity contribution in [1.29, 1.82) is 0 Å². The van der Waals surface area contributed by atoms with Crippen molar-refractivity contribution in [2.45, 2.75) is 18.4 Å². The maximum atomic E-state index is 10.9. The minimum Gasteiger partial charge on any atom is -0.497 e. The van der Waals surface area contributed by atoms with E-state index in [4.69, 9.17) is 9.15 Å². The Hall–Kier alpha value is -1.26. The molecule has 3 rings (SSSR count). The first kappa shape index (κ1) is 11.8. The molecule has 0 radical (unpaired) electrons. The standard InChI is InChI=1S/C14H13BrO3/c1-17-10-3-2-9-4-6-14(16,11(9)8-10)13-12(15)5-7-18-13/h2-3,5,7-8,16H,4,6H2,1H3. The van der Waals surface area contributed by atoms with E-state index < -0.39 is 5.60 Å². The average Bonchev–Trinajstić information content (AvgIpc) is 2.95. The van der Waals surface area contributed by atoms with Crippen LogP contribution in [-0.2, 0) is 12.0 Å². The molecule has 1 atom stereocenters. The van der Waals surface area contributed by atoms with Crippen LogP contribution in [-0.4, -0.2) is 12.2 Å². The summed E-state index contributed by atoms with van der Waals surface area (Å²) in [7, 11) is 1.62. The number of benzene rings is 1. The van der Waals surface area contributed by atoms with Gasteiger partial charge >= 0.3 is 0 Å².